The lowest BCUT2D eigenvalue weighted by atomic mass is 10.2. The van der Waals surface area contributed by atoms with Gasteiger partial charge in [-0.1, -0.05) is 13.8 Å². The number of nitrogen functional groups attached to an aromatic ring is 1. The third-order valence-corrected chi connectivity index (χ3v) is 3.19. The SMILES string of the molecule is COC(=O)C(C)n1c(C(C)C)nc2cc(N)ccc21. The molecule has 0 aliphatic rings. The van der Waals surface area contributed by atoms with Gasteiger partial charge in [-0.2, -0.15) is 0 Å². The van der Waals surface area contributed by atoms with Crippen molar-refractivity contribution >= 4 is 22.7 Å². The van der Waals surface area contributed by atoms with Crippen molar-refractivity contribution in [3.05, 3.63) is 24.0 Å². The minimum Gasteiger partial charge on any atom is -0.467 e. The summed E-state index contributed by atoms with van der Waals surface area (Å²) in [5.41, 5.74) is 8.15. The molecule has 0 aliphatic heterocycles. The Labute approximate surface area is 112 Å². The first-order valence-corrected chi connectivity index (χ1v) is 6.31. The van der Waals surface area contributed by atoms with Gasteiger partial charge < -0.3 is 15.0 Å². The van der Waals surface area contributed by atoms with Gasteiger partial charge in [0.1, 0.15) is 11.9 Å². The fourth-order valence-electron chi connectivity index (χ4n) is 2.22. The summed E-state index contributed by atoms with van der Waals surface area (Å²) in [7, 11) is 1.39. The van der Waals surface area contributed by atoms with E-state index in [1.807, 2.05) is 43.5 Å². The van der Waals surface area contributed by atoms with Crippen LogP contribution >= 0.6 is 0 Å². The molecular weight excluding hydrogens is 242 g/mol. The molecule has 1 heterocycles. The van der Waals surface area contributed by atoms with Gasteiger partial charge in [0, 0.05) is 11.6 Å². The molecule has 0 radical (unpaired) electrons. The summed E-state index contributed by atoms with van der Waals surface area (Å²) in [5, 5.41) is 0. The van der Waals surface area contributed by atoms with Gasteiger partial charge in [0.25, 0.3) is 0 Å². The summed E-state index contributed by atoms with van der Waals surface area (Å²) in [6.45, 7) is 5.91. The predicted molar refractivity (Wildman–Crippen MR) is 75.0 cm³/mol. The minimum atomic E-state index is -0.406. The highest BCUT2D eigenvalue weighted by Crippen LogP contribution is 2.27. The average Bonchev–Trinajstić information content (AvgIpc) is 2.75. The number of nitrogens with two attached hydrogens (primary N) is 1. The summed E-state index contributed by atoms with van der Waals surface area (Å²) in [4.78, 5) is 16.4. The number of carbonyl (C=O) groups is 1. The molecule has 1 unspecified atom stereocenters. The molecule has 0 amide bonds. The van der Waals surface area contributed by atoms with Crippen LogP contribution in [0.3, 0.4) is 0 Å². The maximum Gasteiger partial charge on any atom is 0.328 e. The zero-order chi connectivity index (χ0) is 14.2. The van der Waals surface area contributed by atoms with Gasteiger partial charge in [0.2, 0.25) is 0 Å². The number of ether oxygens (including phenoxy) is 1. The molecule has 1 aromatic carbocycles. The number of nitrogens with zero attached hydrogens (tertiary/aromatic N) is 2. The third kappa shape index (κ3) is 2.28. The van der Waals surface area contributed by atoms with Crippen LogP contribution in [-0.2, 0) is 9.53 Å². The van der Waals surface area contributed by atoms with E-state index in [9.17, 15) is 4.79 Å². The number of anilines is 1. The van der Waals surface area contributed by atoms with Crippen LogP contribution in [0.15, 0.2) is 18.2 Å². The molecule has 2 aromatic rings. The molecular formula is C14H19N3O2. The number of imidazole rings is 1. The number of benzene rings is 1. The second-order valence-corrected chi connectivity index (χ2v) is 4.94. The fraction of sp³-hybridized carbons (Fsp3) is 0.429. The van der Waals surface area contributed by atoms with E-state index in [1.54, 1.807) is 0 Å². The van der Waals surface area contributed by atoms with Crippen molar-refractivity contribution in [3.8, 4) is 0 Å². The Balaban J connectivity index is 2.68. The normalized spacial score (nSPS) is 12.9. The Kier molecular flexibility index (Phi) is 3.46. The number of aromatic nitrogens is 2. The van der Waals surface area contributed by atoms with Gasteiger partial charge in [-0.25, -0.2) is 9.78 Å². The molecule has 5 nitrogen and oxygen atoms in total. The van der Waals surface area contributed by atoms with E-state index in [0.717, 1.165) is 16.9 Å². The zero-order valence-electron chi connectivity index (χ0n) is 11.7. The predicted octanol–water partition coefficient (Wildman–Crippen LogP) is 2.48. The lowest BCUT2D eigenvalue weighted by Gasteiger charge is -2.17. The summed E-state index contributed by atoms with van der Waals surface area (Å²) >= 11 is 0. The van der Waals surface area contributed by atoms with Crippen molar-refractivity contribution in [3.63, 3.8) is 0 Å². The highest BCUT2D eigenvalue weighted by atomic mass is 16.5. The second kappa shape index (κ2) is 4.91. The molecule has 2 N–H and O–H groups in total. The lowest BCUT2D eigenvalue weighted by Crippen LogP contribution is -2.20. The van der Waals surface area contributed by atoms with Crippen LogP contribution in [0.4, 0.5) is 5.69 Å². The molecule has 102 valence electrons. The molecule has 5 heteroatoms. The van der Waals surface area contributed by atoms with Crippen molar-refractivity contribution in [1.82, 2.24) is 9.55 Å². The van der Waals surface area contributed by atoms with Crippen molar-refractivity contribution in [2.75, 3.05) is 12.8 Å². The van der Waals surface area contributed by atoms with Crippen LogP contribution in [0.1, 0.15) is 38.6 Å². The molecule has 0 saturated carbocycles. The van der Waals surface area contributed by atoms with Crippen LogP contribution in [-0.4, -0.2) is 22.6 Å². The molecule has 1 atom stereocenters. The van der Waals surface area contributed by atoms with Gasteiger partial charge >= 0.3 is 5.97 Å². The largest absolute Gasteiger partial charge is 0.467 e. The Hall–Kier alpha value is -2.04. The van der Waals surface area contributed by atoms with E-state index in [-0.39, 0.29) is 11.9 Å². The zero-order valence-corrected chi connectivity index (χ0v) is 11.7. The number of methoxy groups -OCH3 is 1. The Bertz CT molecular complexity index is 616. The van der Waals surface area contributed by atoms with Crippen LogP contribution in [0, 0.1) is 0 Å². The van der Waals surface area contributed by atoms with E-state index in [0.29, 0.717) is 5.69 Å². The van der Waals surface area contributed by atoms with E-state index < -0.39 is 6.04 Å². The molecule has 1 aromatic heterocycles. The molecule has 0 saturated heterocycles. The number of esters is 1. The van der Waals surface area contributed by atoms with Gasteiger partial charge in [0.15, 0.2) is 0 Å². The number of carbonyl (C=O) groups excluding carboxylic acids is 1. The molecule has 19 heavy (non-hydrogen) atoms. The molecule has 2 rings (SSSR count). The monoisotopic (exact) mass is 261 g/mol. The van der Waals surface area contributed by atoms with E-state index >= 15 is 0 Å². The average molecular weight is 261 g/mol. The first-order valence-electron chi connectivity index (χ1n) is 6.31. The van der Waals surface area contributed by atoms with Crippen LogP contribution in [0.25, 0.3) is 11.0 Å². The van der Waals surface area contributed by atoms with Crippen molar-refractivity contribution in [2.24, 2.45) is 0 Å². The van der Waals surface area contributed by atoms with Crippen molar-refractivity contribution in [2.45, 2.75) is 32.7 Å². The van der Waals surface area contributed by atoms with Gasteiger partial charge in [0.05, 0.1) is 18.1 Å². The summed E-state index contributed by atoms with van der Waals surface area (Å²) in [6.07, 6.45) is 0. The quantitative estimate of drug-likeness (QED) is 0.680. The highest BCUT2D eigenvalue weighted by Gasteiger charge is 2.23. The Morgan fingerprint density at radius 1 is 1.37 bits per heavy atom. The third-order valence-electron chi connectivity index (χ3n) is 3.19. The maximum absolute atomic E-state index is 11.8. The summed E-state index contributed by atoms with van der Waals surface area (Å²) in [5.74, 6) is 0.789. The summed E-state index contributed by atoms with van der Waals surface area (Å²) < 4.78 is 6.75. The van der Waals surface area contributed by atoms with E-state index in [2.05, 4.69) is 4.98 Å². The maximum atomic E-state index is 11.8. The Morgan fingerprint density at radius 2 is 2.05 bits per heavy atom. The van der Waals surface area contributed by atoms with Gasteiger partial charge in [-0.15, -0.1) is 0 Å². The van der Waals surface area contributed by atoms with Crippen LogP contribution in [0.2, 0.25) is 0 Å². The van der Waals surface area contributed by atoms with E-state index in [1.165, 1.54) is 7.11 Å². The number of hydrogen-bond donors (Lipinski definition) is 1. The first-order chi connectivity index (χ1) is 8.95. The van der Waals surface area contributed by atoms with Gasteiger partial charge in [-0.05, 0) is 25.1 Å². The Morgan fingerprint density at radius 3 is 2.63 bits per heavy atom. The van der Waals surface area contributed by atoms with Crippen molar-refractivity contribution < 1.29 is 9.53 Å². The minimum absolute atomic E-state index is 0.209. The molecule has 0 aliphatic carbocycles. The highest BCUT2D eigenvalue weighted by molar-refractivity contribution is 5.83. The van der Waals surface area contributed by atoms with Crippen LogP contribution < -0.4 is 5.73 Å². The topological polar surface area (TPSA) is 70.1 Å². The number of fused-ring (bicyclic) bond motifs is 1. The van der Waals surface area contributed by atoms with E-state index in [4.69, 9.17) is 10.5 Å². The molecule has 0 bridgehead atoms. The summed E-state index contributed by atoms with van der Waals surface area (Å²) in [6, 6.07) is 5.12. The number of hydrogen-bond acceptors (Lipinski definition) is 4. The standard InChI is InChI=1S/C14H19N3O2/c1-8(2)13-16-11-7-10(15)5-6-12(11)17(13)9(3)14(18)19-4/h5-9H,15H2,1-4H3. The van der Waals surface area contributed by atoms with Crippen LogP contribution in [0.5, 0.6) is 0 Å². The van der Waals surface area contributed by atoms with Gasteiger partial charge in [-0.3, -0.25) is 0 Å². The first kappa shape index (κ1) is 13.4. The smallest absolute Gasteiger partial charge is 0.328 e. The molecule has 0 spiro atoms. The van der Waals surface area contributed by atoms with Crippen molar-refractivity contribution in [1.29, 1.82) is 0 Å². The number of rotatable bonds is 3. The molecule has 0 fully saturated rings. The fourth-order valence-corrected chi connectivity index (χ4v) is 2.22. The second-order valence-electron chi connectivity index (χ2n) is 4.94. The lowest BCUT2D eigenvalue weighted by molar-refractivity contribution is -0.143.